The number of hydrogen-bond donors (Lipinski definition) is 1. The molecule has 2 aromatic heterocycles. The maximum Gasteiger partial charge on any atom is 0.0962 e. The van der Waals surface area contributed by atoms with E-state index in [0.717, 1.165) is 24.5 Å². The Morgan fingerprint density at radius 2 is 2.27 bits per heavy atom. The minimum atomic E-state index is 0.431. The Bertz CT molecular complexity index is 429. The molecule has 2 rings (SSSR count). The molecule has 0 radical (unpaired) electrons. The molecule has 2 N–H and O–H groups in total. The van der Waals surface area contributed by atoms with Gasteiger partial charge in [0.1, 0.15) is 0 Å². The highest BCUT2D eigenvalue weighted by Gasteiger charge is 2.00. The number of rotatable bonds is 4. The van der Waals surface area contributed by atoms with Gasteiger partial charge in [0.05, 0.1) is 18.8 Å². The van der Waals surface area contributed by atoms with Crippen LogP contribution in [0.15, 0.2) is 18.5 Å². The van der Waals surface area contributed by atoms with Crippen LogP contribution < -0.4 is 5.73 Å². The largest absolute Gasteiger partial charge is 0.325 e. The molecule has 15 heavy (non-hydrogen) atoms. The molecule has 0 bridgehead atoms. The molecule has 2 aromatic rings. The SMILES string of the molecule is Cc1ccnn1CCn1cc(CN)nn1. The first kappa shape index (κ1) is 9.85. The standard InChI is InChI=1S/C9H14N6/c1-8-2-3-11-15(8)5-4-14-7-9(6-10)12-13-14/h2-3,7H,4-6,10H2,1H3. The van der Waals surface area contributed by atoms with Crippen molar-refractivity contribution < 1.29 is 0 Å². The molecule has 0 fully saturated rings. The van der Waals surface area contributed by atoms with Crippen LogP contribution in [0.4, 0.5) is 0 Å². The van der Waals surface area contributed by atoms with Gasteiger partial charge < -0.3 is 5.73 Å². The summed E-state index contributed by atoms with van der Waals surface area (Å²) in [5.41, 5.74) is 7.40. The lowest BCUT2D eigenvalue weighted by atomic mass is 10.4. The number of nitrogens with two attached hydrogens (primary N) is 1. The van der Waals surface area contributed by atoms with Crippen LogP contribution in [-0.4, -0.2) is 24.8 Å². The van der Waals surface area contributed by atoms with Crippen LogP contribution in [0, 0.1) is 6.92 Å². The van der Waals surface area contributed by atoms with Crippen LogP contribution in [0.2, 0.25) is 0 Å². The van der Waals surface area contributed by atoms with E-state index in [1.807, 2.05) is 23.9 Å². The number of aromatic nitrogens is 5. The van der Waals surface area contributed by atoms with Crippen molar-refractivity contribution in [3.8, 4) is 0 Å². The van der Waals surface area contributed by atoms with Crippen LogP contribution >= 0.6 is 0 Å². The van der Waals surface area contributed by atoms with E-state index in [1.54, 1.807) is 10.9 Å². The zero-order valence-electron chi connectivity index (χ0n) is 8.67. The van der Waals surface area contributed by atoms with E-state index in [4.69, 9.17) is 5.73 Å². The maximum atomic E-state index is 5.44. The average Bonchev–Trinajstić information content (AvgIpc) is 2.84. The van der Waals surface area contributed by atoms with Crippen LogP contribution in [-0.2, 0) is 19.6 Å². The zero-order chi connectivity index (χ0) is 10.7. The first-order chi connectivity index (χ1) is 7.29. The molecule has 0 saturated carbocycles. The van der Waals surface area contributed by atoms with Gasteiger partial charge in [-0.2, -0.15) is 5.10 Å². The Balaban J connectivity index is 1.96. The molecule has 0 saturated heterocycles. The van der Waals surface area contributed by atoms with Gasteiger partial charge in [0.2, 0.25) is 0 Å². The normalized spacial score (nSPS) is 10.8. The van der Waals surface area contributed by atoms with Gasteiger partial charge in [-0.15, -0.1) is 5.10 Å². The lowest BCUT2D eigenvalue weighted by Crippen LogP contribution is -2.10. The van der Waals surface area contributed by atoms with Gasteiger partial charge in [0, 0.05) is 24.6 Å². The summed E-state index contributed by atoms with van der Waals surface area (Å²) in [7, 11) is 0. The van der Waals surface area contributed by atoms with Crippen molar-refractivity contribution in [1.82, 2.24) is 24.8 Å². The molecule has 2 heterocycles. The fourth-order valence-corrected chi connectivity index (χ4v) is 1.37. The Hall–Kier alpha value is -1.69. The van der Waals surface area contributed by atoms with Gasteiger partial charge in [-0.05, 0) is 13.0 Å². The number of aryl methyl sites for hydroxylation is 3. The topological polar surface area (TPSA) is 74.5 Å². The van der Waals surface area contributed by atoms with Gasteiger partial charge in [-0.25, -0.2) is 0 Å². The molecule has 0 aliphatic carbocycles. The molecular weight excluding hydrogens is 192 g/mol. The molecule has 0 spiro atoms. The molecule has 0 aliphatic heterocycles. The summed E-state index contributed by atoms with van der Waals surface area (Å²) in [6.07, 6.45) is 3.65. The molecule has 6 heteroatoms. The Labute approximate surface area is 87.7 Å². The number of nitrogens with zero attached hydrogens (tertiary/aromatic N) is 5. The fourth-order valence-electron chi connectivity index (χ4n) is 1.37. The van der Waals surface area contributed by atoms with Gasteiger partial charge in [-0.3, -0.25) is 9.36 Å². The second kappa shape index (κ2) is 4.22. The highest BCUT2D eigenvalue weighted by molar-refractivity contribution is 4.96. The van der Waals surface area contributed by atoms with Crippen molar-refractivity contribution >= 4 is 0 Å². The molecule has 0 aliphatic rings. The summed E-state index contributed by atoms with van der Waals surface area (Å²) in [5, 5.41) is 12.1. The first-order valence-corrected chi connectivity index (χ1v) is 4.87. The smallest absolute Gasteiger partial charge is 0.0962 e. The fraction of sp³-hybridized carbons (Fsp3) is 0.444. The molecule has 0 unspecified atom stereocenters. The van der Waals surface area contributed by atoms with E-state index in [1.165, 1.54) is 0 Å². The van der Waals surface area contributed by atoms with Gasteiger partial charge >= 0.3 is 0 Å². The van der Waals surface area contributed by atoms with Crippen LogP contribution in [0.5, 0.6) is 0 Å². The lowest BCUT2D eigenvalue weighted by molar-refractivity contribution is 0.483. The molecule has 0 atom stereocenters. The minimum Gasteiger partial charge on any atom is -0.325 e. The summed E-state index contributed by atoms with van der Waals surface area (Å²) in [5.74, 6) is 0. The predicted octanol–water partition coefficient (Wildman–Crippen LogP) is -0.0581. The molecule has 0 amide bonds. The average molecular weight is 206 g/mol. The minimum absolute atomic E-state index is 0.431. The summed E-state index contributed by atoms with van der Waals surface area (Å²) in [6.45, 7) is 4.02. The monoisotopic (exact) mass is 206 g/mol. The highest BCUT2D eigenvalue weighted by atomic mass is 15.4. The second-order valence-electron chi connectivity index (χ2n) is 3.37. The van der Waals surface area contributed by atoms with Crippen LogP contribution in [0.25, 0.3) is 0 Å². The third-order valence-corrected chi connectivity index (χ3v) is 2.27. The van der Waals surface area contributed by atoms with Crippen molar-refractivity contribution in [2.45, 2.75) is 26.6 Å². The van der Waals surface area contributed by atoms with Crippen molar-refractivity contribution in [3.63, 3.8) is 0 Å². The molecule has 6 nitrogen and oxygen atoms in total. The van der Waals surface area contributed by atoms with Gasteiger partial charge in [0.15, 0.2) is 0 Å². The van der Waals surface area contributed by atoms with Gasteiger partial charge in [0.25, 0.3) is 0 Å². The molecule has 80 valence electrons. The number of hydrogen-bond acceptors (Lipinski definition) is 4. The van der Waals surface area contributed by atoms with Crippen molar-refractivity contribution in [2.24, 2.45) is 5.73 Å². The third kappa shape index (κ3) is 2.21. The van der Waals surface area contributed by atoms with E-state index in [9.17, 15) is 0 Å². The third-order valence-electron chi connectivity index (χ3n) is 2.27. The summed E-state index contributed by atoms with van der Waals surface area (Å²) in [6, 6.07) is 1.98. The highest BCUT2D eigenvalue weighted by Crippen LogP contribution is 1.97. The van der Waals surface area contributed by atoms with E-state index in [-0.39, 0.29) is 0 Å². The molecule has 0 aromatic carbocycles. The van der Waals surface area contributed by atoms with Crippen LogP contribution in [0.3, 0.4) is 0 Å². The van der Waals surface area contributed by atoms with E-state index < -0.39 is 0 Å². The maximum absolute atomic E-state index is 5.44. The first-order valence-electron chi connectivity index (χ1n) is 4.87. The summed E-state index contributed by atoms with van der Waals surface area (Å²) >= 11 is 0. The van der Waals surface area contributed by atoms with Crippen molar-refractivity contribution in [1.29, 1.82) is 0 Å². The van der Waals surface area contributed by atoms with Gasteiger partial charge in [-0.1, -0.05) is 5.21 Å². The summed E-state index contributed by atoms with van der Waals surface area (Å²) < 4.78 is 3.72. The second-order valence-corrected chi connectivity index (χ2v) is 3.37. The van der Waals surface area contributed by atoms with E-state index >= 15 is 0 Å². The van der Waals surface area contributed by atoms with E-state index in [2.05, 4.69) is 15.4 Å². The Kier molecular flexibility index (Phi) is 2.77. The summed E-state index contributed by atoms with van der Waals surface area (Å²) in [4.78, 5) is 0. The van der Waals surface area contributed by atoms with Crippen molar-refractivity contribution in [2.75, 3.05) is 0 Å². The lowest BCUT2D eigenvalue weighted by Gasteiger charge is -2.03. The quantitative estimate of drug-likeness (QED) is 0.760. The predicted molar refractivity (Wildman–Crippen MR) is 54.9 cm³/mol. The Morgan fingerprint density at radius 3 is 2.87 bits per heavy atom. The van der Waals surface area contributed by atoms with E-state index in [0.29, 0.717) is 6.54 Å². The van der Waals surface area contributed by atoms with Crippen LogP contribution in [0.1, 0.15) is 11.4 Å². The zero-order valence-corrected chi connectivity index (χ0v) is 8.67. The van der Waals surface area contributed by atoms with Crippen molar-refractivity contribution in [3.05, 3.63) is 29.8 Å². The molecular formula is C9H14N6. The Morgan fingerprint density at radius 1 is 1.40 bits per heavy atom.